The van der Waals surface area contributed by atoms with E-state index >= 15 is 0 Å². The molecule has 1 aromatic rings. The first kappa shape index (κ1) is 11.2. The predicted octanol–water partition coefficient (Wildman–Crippen LogP) is 2.33. The summed E-state index contributed by atoms with van der Waals surface area (Å²) in [5.41, 5.74) is 2.32. The number of hydrogen-bond acceptors (Lipinski definition) is 3. The average Bonchev–Trinajstić information content (AvgIpc) is 2.27. The van der Waals surface area contributed by atoms with E-state index in [1.807, 2.05) is 6.92 Å². The van der Waals surface area contributed by atoms with Gasteiger partial charge in [0, 0.05) is 11.0 Å². The number of carbonyl (C=O) groups is 1. The zero-order valence-electron chi connectivity index (χ0n) is 8.21. The standard InChI is InChI=1S/C10H12BrNO2/c1-3-8-4-7(10(13)14-2)5-9(6-11)12-8/h4-5H,3,6H2,1-2H3. The largest absolute Gasteiger partial charge is 0.465 e. The third kappa shape index (κ3) is 2.54. The zero-order valence-corrected chi connectivity index (χ0v) is 9.80. The molecular weight excluding hydrogens is 246 g/mol. The molecule has 0 saturated carbocycles. The zero-order chi connectivity index (χ0) is 10.6. The molecule has 0 fully saturated rings. The van der Waals surface area contributed by atoms with Crippen molar-refractivity contribution >= 4 is 21.9 Å². The van der Waals surface area contributed by atoms with Crippen molar-refractivity contribution in [2.45, 2.75) is 18.7 Å². The van der Waals surface area contributed by atoms with Crippen molar-refractivity contribution in [3.63, 3.8) is 0 Å². The Morgan fingerprint density at radius 3 is 2.64 bits per heavy atom. The minimum absolute atomic E-state index is 0.315. The number of nitrogens with zero attached hydrogens (tertiary/aromatic N) is 1. The van der Waals surface area contributed by atoms with Gasteiger partial charge in [-0.05, 0) is 18.6 Å². The van der Waals surface area contributed by atoms with E-state index in [9.17, 15) is 4.79 Å². The minimum atomic E-state index is -0.315. The van der Waals surface area contributed by atoms with Gasteiger partial charge in [0.2, 0.25) is 0 Å². The number of halogens is 1. The fourth-order valence-corrected chi connectivity index (χ4v) is 1.42. The van der Waals surface area contributed by atoms with Gasteiger partial charge >= 0.3 is 5.97 Å². The van der Waals surface area contributed by atoms with E-state index in [4.69, 9.17) is 0 Å². The molecule has 3 nitrogen and oxygen atoms in total. The summed E-state index contributed by atoms with van der Waals surface area (Å²) >= 11 is 3.31. The van der Waals surface area contributed by atoms with E-state index in [-0.39, 0.29) is 5.97 Å². The van der Waals surface area contributed by atoms with Gasteiger partial charge < -0.3 is 4.74 Å². The fourth-order valence-electron chi connectivity index (χ4n) is 1.13. The summed E-state index contributed by atoms with van der Waals surface area (Å²) < 4.78 is 4.65. The van der Waals surface area contributed by atoms with Crippen LogP contribution in [0.1, 0.15) is 28.7 Å². The van der Waals surface area contributed by atoms with E-state index in [0.29, 0.717) is 10.9 Å². The number of aromatic nitrogens is 1. The van der Waals surface area contributed by atoms with Crippen LogP contribution in [0, 0.1) is 0 Å². The summed E-state index contributed by atoms with van der Waals surface area (Å²) in [5.74, 6) is -0.315. The first-order chi connectivity index (χ1) is 6.71. The molecule has 0 aliphatic carbocycles. The minimum Gasteiger partial charge on any atom is -0.465 e. The van der Waals surface area contributed by atoms with Gasteiger partial charge in [-0.25, -0.2) is 4.79 Å². The highest BCUT2D eigenvalue weighted by molar-refractivity contribution is 9.08. The Balaban J connectivity index is 3.10. The Morgan fingerprint density at radius 1 is 1.50 bits per heavy atom. The first-order valence-electron chi connectivity index (χ1n) is 4.35. The van der Waals surface area contributed by atoms with Crippen LogP contribution in [0.15, 0.2) is 12.1 Å². The number of carbonyl (C=O) groups excluding carboxylic acids is 1. The Labute approximate surface area is 91.6 Å². The molecule has 0 aliphatic rings. The highest BCUT2D eigenvalue weighted by Crippen LogP contribution is 2.10. The Kier molecular flexibility index (Phi) is 4.07. The molecule has 0 radical (unpaired) electrons. The van der Waals surface area contributed by atoms with Gasteiger partial charge in [-0.15, -0.1) is 0 Å². The summed E-state index contributed by atoms with van der Waals surface area (Å²) in [6, 6.07) is 3.50. The Hall–Kier alpha value is -0.900. The number of ether oxygens (including phenoxy) is 1. The van der Waals surface area contributed by atoms with Crippen molar-refractivity contribution in [3.8, 4) is 0 Å². The summed E-state index contributed by atoms with van der Waals surface area (Å²) in [5, 5.41) is 0.644. The van der Waals surface area contributed by atoms with Crippen LogP contribution in [-0.4, -0.2) is 18.1 Å². The lowest BCUT2D eigenvalue weighted by molar-refractivity contribution is 0.0600. The molecule has 1 aromatic heterocycles. The molecule has 76 valence electrons. The molecule has 0 aromatic carbocycles. The highest BCUT2D eigenvalue weighted by Gasteiger charge is 2.08. The number of rotatable bonds is 3. The quantitative estimate of drug-likeness (QED) is 0.617. The second kappa shape index (κ2) is 5.10. The molecule has 0 bridgehead atoms. The van der Waals surface area contributed by atoms with Crippen LogP contribution in [0.5, 0.6) is 0 Å². The molecule has 1 heterocycles. The van der Waals surface area contributed by atoms with Crippen molar-refractivity contribution < 1.29 is 9.53 Å². The van der Waals surface area contributed by atoms with E-state index in [0.717, 1.165) is 17.8 Å². The summed E-state index contributed by atoms with van der Waals surface area (Å²) in [6.45, 7) is 2.00. The van der Waals surface area contributed by atoms with E-state index in [1.54, 1.807) is 12.1 Å². The highest BCUT2D eigenvalue weighted by atomic mass is 79.9. The lowest BCUT2D eigenvalue weighted by Gasteiger charge is -2.04. The number of alkyl halides is 1. The van der Waals surface area contributed by atoms with E-state index < -0.39 is 0 Å². The molecule has 0 amide bonds. The van der Waals surface area contributed by atoms with Crippen LogP contribution < -0.4 is 0 Å². The molecule has 0 atom stereocenters. The maximum Gasteiger partial charge on any atom is 0.337 e. The van der Waals surface area contributed by atoms with E-state index in [1.165, 1.54) is 7.11 Å². The third-order valence-electron chi connectivity index (χ3n) is 1.85. The van der Waals surface area contributed by atoms with Crippen LogP contribution in [0.3, 0.4) is 0 Å². The number of esters is 1. The molecule has 0 aliphatic heterocycles. The number of pyridine rings is 1. The van der Waals surface area contributed by atoms with Crippen LogP contribution in [-0.2, 0) is 16.5 Å². The summed E-state index contributed by atoms with van der Waals surface area (Å²) in [6.07, 6.45) is 0.810. The maximum absolute atomic E-state index is 11.3. The van der Waals surface area contributed by atoms with Crippen molar-refractivity contribution in [1.82, 2.24) is 4.98 Å². The SMILES string of the molecule is CCc1cc(C(=O)OC)cc(CBr)n1. The molecule has 14 heavy (non-hydrogen) atoms. The van der Waals surface area contributed by atoms with Gasteiger partial charge in [0.1, 0.15) is 0 Å². The second-order valence-corrected chi connectivity index (χ2v) is 3.38. The molecule has 0 unspecified atom stereocenters. The van der Waals surface area contributed by atoms with Gasteiger partial charge in [0.05, 0.1) is 18.4 Å². The van der Waals surface area contributed by atoms with Gasteiger partial charge in [0.15, 0.2) is 0 Å². The average molecular weight is 258 g/mol. The van der Waals surface area contributed by atoms with Gasteiger partial charge in [-0.3, -0.25) is 4.98 Å². The van der Waals surface area contributed by atoms with Crippen LogP contribution in [0.25, 0.3) is 0 Å². The molecule has 0 saturated heterocycles. The number of methoxy groups -OCH3 is 1. The number of hydrogen-bond donors (Lipinski definition) is 0. The third-order valence-corrected chi connectivity index (χ3v) is 2.43. The van der Waals surface area contributed by atoms with Crippen LogP contribution in [0.4, 0.5) is 0 Å². The van der Waals surface area contributed by atoms with Crippen LogP contribution in [0.2, 0.25) is 0 Å². The monoisotopic (exact) mass is 257 g/mol. The fraction of sp³-hybridized carbons (Fsp3) is 0.400. The van der Waals surface area contributed by atoms with Crippen molar-refractivity contribution in [1.29, 1.82) is 0 Å². The molecular formula is C10H12BrNO2. The Bertz CT molecular complexity index is 317. The van der Waals surface area contributed by atoms with Crippen molar-refractivity contribution in [2.75, 3.05) is 7.11 Å². The maximum atomic E-state index is 11.3. The second-order valence-electron chi connectivity index (χ2n) is 2.82. The van der Waals surface area contributed by atoms with Crippen molar-refractivity contribution in [2.24, 2.45) is 0 Å². The van der Waals surface area contributed by atoms with Gasteiger partial charge in [0.25, 0.3) is 0 Å². The lowest BCUT2D eigenvalue weighted by Crippen LogP contribution is -2.04. The van der Waals surface area contributed by atoms with Crippen LogP contribution >= 0.6 is 15.9 Å². The smallest absolute Gasteiger partial charge is 0.337 e. The summed E-state index contributed by atoms with van der Waals surface area (Å²) in [4.78, 5) is 15.6. The van der Waals surface area contributed by atoms with Gasteiger partial charge in [-0.1, -0.05) is 22.9 Å². The lowest BCUT2D eigenvalue weighted by atomic mass is 10.2. The molecule has 0 spiro atoms. The van der Waals surface area contributed by atoms with E-state index in [2.05, 4.69) is 25.7 Å². The predicted molar refractivity (Wildman–Crippen MR) is 57.6 cm³/mol. The molecule has 0 N–H and O–H groups in total. The molecule has 4 heteroatoms. The van der Waals surface area contributed by atoms with Crippen molar-refractivity contribution in [3.05, 3.63) is 29.1 Å². The number of aryl methyl sites for hydroxylation is 1. The van der Waals surface area contributed by atoms with Gasteiger partial charge in [-0.2, -0.15) is 0 Å². The summed E-state index contributed by atoms with van der Waals surface area (Å²) in [7, 11) is 1.38. The normalized spacial score (nSPS) is 9.93. The first-order valence-corrected chi connectivity index (χ1v) is 5.47. The Morgan fingerprint density at radius 2 is 2.14 bits per heavy atom. The topological polar surface area (TPSA) is 39.2 Å². The molecule has 1 rings (SSSR count).